The standard InChI is InChI=1S/C25H34ClN3O4Si/c1-15(2)17-14-27-18-12-20(33-23(18)21(17)26)22-19(30)11-16(13-28-22)24(31)29(6)9-10-32-34(7,8)25(3,4)5/h11-15,30H,9-10H2,1-8H3. The minimum absolute atomic E-state index is 0.105. The average Bonchev–Trinajstić information content (AvgIpc) is 3.17. The fourth-order valence-electron chi connectivity index (χ4n) is 3.22. The Balaban J connectivity index is 1.76. The first kappa shape index (κ1) is 26.2. The summed E-state index contributed by atoms with van der Waals surface area (Å²) in [7, 11) is -0.174. The number of carbonyl (C=O) groups is 1. The van der Waals surface area contributed by atoms with Gasteiger partial charge in [-0.1, -0.05) is 46.2 Å². The predicted octanol–water partition coefficient (Wildman–Crippen LogP) is 6.47. The lowest BCUT2D eigenvalue weighted by Crippen LogP contribution is -2.43. The van der Waals surface area contributed by atoms with Crippen molar-refractivity contribution in [1.82, 2.24) is 14.9 Å². The Labute approximate surface area is 207 Å². The number of pyridine rings is 2. The van der Waals surface area contributed by atoms with Crippen molar-refractivity contribution in [3.63, 3.8) is 0 Å². The number of likely N-dealkylation sites (N-methyl/N-ethyl adjacent to an activating group) is 1. The molecule has 1 amide bonds. The molecular weight excluding hydrogens is 470 g/mol. The SMILES string of the molecule is CC(C)c1cnc2cc(-c3ncc(C(=O)N(C)CCO[Si](C)(C)C(C)(C)C)cc3O)oc2c1Cl. The lowest BCUT2D eigenvalue weighted by Gasteiger charge is -2.36. The highest BCUT2D eigenvalue weighted by atomic mass is 35.5. The third kappa shape index (κ3) is 5.29. The molecule has 3 aromatic rings. The Hall–Kier alpha value is -2.42. The predicted molar refractivity (Wildman–Crippen MR) is 138 cm³/mol. The molecule has 0 unspecified atom stereocenters. The van der Waals surface area contributed by atoms with Gasteiger partial charge in [-0.15, -0.1) is 0 Å². The first-order chi connectivity index (χ1) is 15.7. The molecule has 0 aliphatic carbocycles. The monoisotopic (exact) mass is 503 g/mol. The summed E-state index contributed by atoms with van der Waals surface area (Å²) in [5.41, 5.74) is 2.41. The molecule has 34 heavy (non-hydrogen) atoms. The molecule has 0 aliphatic rings. The van der Waals surface area contributed by atoms with E-state index in [1.165, 1.54) is 12.3 Å². The fraction of sp³-hybridized carbons (Fsp3) is 0.480. The van der Waals surface area contributed by atoms with Crippen molar-refractivity contribution in [1.29, 1.82) is 0 Å². The van der Waals surface area contributed by atoms with Gasteiger partial charge in [-0.2, -0.15) is 0 Å². The molecule has 3 rings (SSSR count). The summed E-state index contributed by atoms with van der Waals surface area (Å²) in [6.07, 6.45) is 3.17. The van der Waals surface area contributed by atoms with E-state index in [9.17, 15) is 9.90 Å². The van der Waals surface area contributed by atoms with Crippen LogP contribution in [-0.4, -0.2) is 54.4 Å². The molecule has 0 saturated heterocycles. The average molecular weight is 504 g/mol. The van der Waals surface area contributed by atoms with E-state index in [0.29, 0.717) is 35.0 Å². The number of nitrogens with zero attached hydrogens (tertiary/aromatic N) is 3. The van der Waals surface area contributed by atoms with Crippen molar-refractivity contribution in [2.45, 2.75) is 58.7 Å². The Bertz CT molecular complexity index is 1200. The lowest BCUT2D eigenvalue weighted by atomic mass is 10.1. The van der Waals surface area contributed by atoms with E-state index in [-0.39, 0.29) is 33.9 Å². The smallest absolute Gasteiger partial charge is 0.255 e. The molecule has 3 heterocycles. The highest BCUT2D eigenvalue weighted by Crippen LogP contribution is 2.38. The molecule has 0 aromatic carbocycles. The van der Waals surface area contributed by atoms with Crippen LogP contribution in [0.5, 0.6) is 5.75 Å². The molecule has 0 atom stereocenters. The van der Waals surface area contributed by atoms with Crippen LogP contribution in [0.4, 0.5) is 0 Å². The molecule has 0 spiro atoms. The van der Waals surface area contributed by atoms with E-state index >= 15 is 0 Å². The van der Waals surface area contributed by atoms with Crippen molar-refractivity contribution in [3.8, 4) is 17.2 Å². The fourth-order valence-corrected chi connectivity index (χ4v) is 4.65. The zero-order chi connectivity index (χ0) is 25.4. The van der Waals surface area contributed by atoms with Gasteiger partial charge < -0.3 is 18.8 Å². The zero-order valence-electron chi connectivity index (χ0n) is 21.2. The summed E-state index contributed by atoms with van der Waals surface area (Å²) in [4.78, 5) is 23.1. The van der Waals surface area contributed by atoms with E-state index < -0.39 is 8.32 Å². The van der Waals surface area contributed by atoms with Crippen LogP contribution >= 0.6 is 11.6 Å². The second-order valence-corrected chi connectivity index (χ2v) is 15.6. The van der Waals surface area contributed by atoms with Gasteiger partial charge >= 0.3 is 0 Å². The second kappa shape index (κ2) is 9.68. The number of halogens is 1. The summed E-state index contributed by atoms with van der Waals surface area (Å²) < 4.78 is 12.1. The van der Waals surface area contributed by atoms with Gasteiger partial charge in [0.25, 0.3) is 5.91 Å². The Kier molecular flexibility index (Phi) is 7.45. The molecule has 184 valence electrons. The summed E-state index contributed by atoms with van der Waals surface area (Å²) >= 11 is 6.50. The highest BCUT2D eigenvalue weighted by molar-refractivity contribution is 6.74. The molecule has 9 heteroatoms. The van der Waals surface area contributed by atoms with Gasteiger partial charge in [0.2, 0.25) is 0 Å². The first-order valence-corrected chi connectivity index (χ1v) is 14.7. The van der Waals surface area contributed by atoms with Crippen LogP contribution < -0.4 is 0 Å². The summed E-state index contributed by atoms with van der Waals surface area (Å²) in [6, 6.07) is 3.08. The minimum Gasteiger partial charge on any atom is -0.506 e. The van der Waals surface area contributed by atoms with Crippen molar-refractivity contribution in [2.75, 3.05) is 20.2 Å². The van der Waals surface area contributed by atoms with E-state index in [2.05, 4.69) is 43.8 Å². The largest absolute Gasteiger partial charge is 0.506 e. The second-order valence-electron chi connectivity index (χ2n) is 10.4. The quantitative estimate of drug-likeness (QED) is 0.372. The van der Waals surface area contributed by atoms with E-state index in [1.54, 1.807) is 24.2 Å². The molecule has 0 fully saturated rings. The maximum Gasteiger partial charge on any atom is 0.255 e. The number of carbonyl (C=O) groups excluding carboxylic acids is 1. The van der Waals surface area contributed by atoms with Gasteiger partial charge in [0.15, 0.2) is 19.7 Å². The van der Waals surface area contributed by atoms with Gasteiger partial charge in [0.05, 0.1) is 17.2 Å². The Morgan fingerprint density at radius 1 is 1.24 bits per heavy atom. The number of hydrogen-bond donors (Lipinski definition) is 1. The number of hydrogen-bond acceptors (Lipinski definition) is 6. The molecule has 1 N–H and O–H groups in total. The summed E-state index contributed by atoms with van der Waals surface area (Å²) in [5, 5.41) is 11.2. The molecule has 0 radical (unpaired) electrons. The molecule has 3 aromatic heterocycles. The van der Waals surface area contributed by atoms with Gasteiger partial charge in [-0.3, -0.25) is 9.78 Å². The van der Waals surface area contributed by atoms with E-state index in [4.69, 9.17) is 20.4 Å². The molecule has 7 nitrogen and oxygen atoms in total. The molecular formula is C25H34ClN3O4Si. The van der Waals surface area contributed by atoms with Crippen LogP contribution in [0.25, 0.3) is 22.6 Å². The normalized spacial score (nSPS) is 12.5. The topological polar surface area (TPSA) is 88.7 Å². The maximum atomic E-state index is 12.9. The Morgan fingerprint density at radius 3 is 2.50 bits per heavy atom. The van der Waals surface area contributed by atoms with Gasteiger partial charge in [-0.05, 0) is 35.7 Å². The van der Waals surface area contributed by atoms with Gasteiger partial charge in [0, 0.05) is 32.1 Å². The minimum atomic E-state index is -1.88. The van der Waals surface area contributed by atoms with Crippen LogP contribution in [0, 0.1) is 0 Å². The van der Waals surface area contributed by atoms with Gasteiger partial charge in [-0.25, -0.2) is 4.98 Å². The number of amides is 1. The van der Waals surface area contributed by atoms with Crippen molar-refractivity contribution in [2.24, 2.45) is 0 Å². The maximum absolute atomic E-state index is 12.9. The third-order valence-corrected chi connectivity index (χ3v) is 11.4. The first-order valence-electron chi connectivity index (χ1n) is 11.4. The third-order valence-electron chi connectivity index (χ3n) is 6.52. The lowest BCUT2D eigenvalue weighted by molar-refractivity contribution is 0.0769. The van der Waals surface area contributed by atoms with Crippen molar-refractivity contribution >= 4 is 36.9 Å². The van der Waals surface area contributed by atoms with Crippen LogP contribution in [-0.2, 0) is 4.43 Å². The van der Waals surface area contributed by atoms with Crippen LogP contribution in [0.15, 0.2) is 28.9 Å². The van der Waals surface area contributed by atoms with Gasteiger partial charge in [0.1, 0.15) is 17.0 Å². The number of fused-ring (bicyclic) bond motifs is 1. The van der Waals surface area contributed by atoms with Crippen LogP contribution in [0.1, 0.15) is 56.5 Å². The number of rotatable bonds is 7. The molecule has 0 bridgehead atoms. The zero-order valence-corrected chi connectivity index (χ0v) is 22.9. The van der Waals surface area contributed by atoms with Crippen LogP contribution in [0.3, 0.4) is 0 Å². The Morgan fingerprint density at radius 2 is 1.91 bits per heavy atom. The molecule has 0 saturated carbocycles. The number of furan rings is 1. The summed E-state index contributed by atoms with van der Waals surface area (Å²) in [5.74, 6) is 0.122. The highest BCUT2D eigenvalue weighted by Gasteiger charge is 2.37. The summed E-state index contributed by atoms with van der Waals surface area (Å²) in [6.45, 7) is 15.9. The number of aromatic hydroxyl groups is 1. The van der Waals surface area contributed by atoms with Crippen molar-refractivity contribution in [3.05, 3.63) is 40.7 Å². The van der Waals surface area contributed by atoms with Crippen LogP contribution in [0.2, 0.25) is 23.2 Å². The van der Waals surface area contributed by atoms with Crippen molar-refractivity contribution < 1.29 is 18.7 Å². The van der Waals surface area contributed by atoms with E-state index in [0.717, 1.165) is 5.56 Å². The number of aromatic nitrogens is 2. The van der Waals surface area contributed by atoms with E-state index in [1.807, 2.05) is 13.8 Å². The molecule has 0 aliphatic heterocycles.